The lowest BCUT2D eigenvalue weighted by atomic mass is 10.2. The number of hydrogen-bond acceptors (Lipinski definition) is 3. The molecule has 82 valence electrons. The maximum Gasteiger partial charge on any atom is 0.252 e. The maximum atomic E-state index is 11.9. The quantitative estimate of drug-likeness (QED) is 0.742. The van der Waals surface area contributed by atoms with Gasteiger partial charge in [-0.2, -0.15) is 0 Å². The van der Waals surface area contributed by atoms with Crippen molar-refractivity contribution in [2.24, 2.45) is 0 Å². The minimum Gasteiger partial charge on any atom is -0.298 e. The van der Waals surface area contributed by atoms with Crippen LogP contribution in [0.1, 0.15) is 10.4 Å². The van der Waals surface area contributed by atoms with Gasteiger partial charge in [-0.25, -0.2) is 17.2 Å². The normalized spacial score (nSPS) is 11.7. The Morgan fingerprint density at radius 3 is 2.13 bits per heavy atom. The van der Waals surface area contributed by atoms with Gasteiger partial charge in [0.05, 0.1) is 4.90 Å². The molecule has 0 radical (unpaired) electrons. The lowest BCUT2D eigenvalue weighted by Gasteiger charge is -2.03. The minimum atomic E-state index is -3.95. The summed E-state index contributed by atoms with van der Waals surface area (Å²) in [6, 6.07) is 4.82. The van der Waals surface area contributed by atoms with Crippen LogP contribution in [0.5, 0.6) is 0 Å². The molecule has 0 atom stereocenters. The van der Waals surface area contributed by atoms with Gasteiger partial charge in [0.2, 0.25) is 0 Å². The molecule has 0 amide bonds. The van der Waals surface area contributed by atoms with Crippen LogP contribution in [0.25, 0.3) is 0 Å². The molecule has 0 fully saturated rings. The zero-order valence-electron chi connectivity index (χ0n) is 7.56. The van der Waals surface area contributed by atoms with Gasteiger partial charge in [-0.05, 0) is 12.1 Å². The molecule has 0 heterocycles. The molecule has 0 bridgehead atoms. The third-order valence-corrected chi connectivity index (χ3v) is 3.40. The van der Waals surface area contributed by atoms with Crippen LogP contribution in [0, 0.1) is 0 Å². The van der Waals surface area contributed by atoms with E-state index in [9.17, 15) is 22.0 Å². The molecule has 1 aromatic carbocycles. The molecule has 6 heteroatoms. The third-order valence-electron chi connectivity index (χ3n) is 1.72. The van der Waals surface area contributed by atoms with E-state index in [0.717, 1.165) is 12.1 Å². The van der Waals surface area contributed by atoms with Crippen molar-refractivity contribution >= 4 is 16.1 Å². The Morgan fingerprint density at radius 2 is 1.73 bits per heavy atom. The van der Waals surface area contributed by atoms with E-state index in [-0.39, 0.29) is 4.90 Å². The van der Waals surface area contributed by atoms with E-state index in [1.54, 1.807) is 0 Å². The lowest BCUT2D eigenvalue weighted by Crippen LogP contribution is -2.13. The molecule has 0 aliphatic rings. The Bertz CT molecular complexity index is 437. The molecular formula is C9H8F2O3S. The molecule has 0 N–H and O–H groups in total. The summed E-state index contributed by atoms with van der Waals surface area (Å²) in [4.78, 5) is 10.1. The topological polar surface area (TPSA) is 51.2 Å². The predicted molar refractivity (Wildman–Crippen MR) is 49.9 cm³/mol. The van der Waals surface area contributed by atoms with Crippen LogP contribution in [0.3, 0.4) is 0 Å². The average molecular weight is 234 g/mol. The molecule has 0 saturated heterocycles. The van der Waals surface area contributed by atoms with Gasteiger partial charge in [-0.1, -0.05) is 12.1 Å². The summed E-state index contributed by atoms with van der Waals surface area (Å²) >= 11 is 0. The van der Waals surface area contributed by atoms with Crippen molar-refractivity contribution in [2.75, 3.05) is 5.75 Å². The van der Waals surface area contributed by atoms with Crippen molar-refractivity contribution in [1.29, 1.82) is 0 Å². The van der Waals surface area contributed by atoms with Crippen molar-refractivity contribution in [1.82, 2.24) is 0 Å². The largest absolute Gasteiger partial charge is 0.298 e. The third kappa shape index (κ3) is 3.09. The zero-order chi connectivity index (χ0) is 11.5. The lowest BCUT2D eigenvalue weighted by molar-refractivity contribution is 0.112. The van der Waals surface area contributed by atoms with Crippen molar-refractivity contribution in [2.45, 2.75) is 11.3 Å². The Hall–Kier alpha value is -1.30. The SMILES string of the molecule is O=Cc1ccc(S(=O)(=O)CC(F)F)cc1. The fraction of sp³-hybridized carbons (Fsp3) is 0.222. The second-order valence-corrected chi connectivity index (χ2v) is 4.89. The van der Waals surface area contributed by atoms with Crippen LogP contribution in [-0.4, -0.2) is 26.9 Å². The number of carbonyl (C=O) groups excluding carboxylic acids is 1. The van der Waals surface area contributed by atoms with E-state index >= 15 is 0 Å². The molecule has 0 aliphatic heterocycles. The summed E-state index contributed by atoms with van der Waals surface area (Å²) in [7, 11) is -3.95. The minimum absolute atomic E-state index is 0.201. The number of alkyl halides is 2. The molecule has 0 aliphatic carbocycles. The first-order chi connectivity index (χ1) is 6.95. The Morgan fingerprint density at radius 1 is 1.20 bits per heavy atom. The van der Waals surface area contributed by atoms with Gasteiger partial charge < -0.3 is 0 Å². The average Bonchev–Trinajstić information content (AvgIpc) is 2.16. The Kier molecular flexibility index (Phi) is 3.52. The number of aldehydes is 1. The van der Waals surface area contributed by atoms with E-state index in [1.165, 1.54) is 12.1 Å². The van der Waals surface area contributed by atoms with E-state index in [4.69, 9.17) is 0 Å². The molecule has 1 aromatic rings. The standard InChI is InChI=1S/C9H8F2O3S/c10-9(11)6-15(13,14)8-3-1-7(5-12)2-4-8/h1-5,9H,6H2. The Balaban J connectivity index is 3.00. The van der Waals surface area contributed by atoms with Crippen molar-refractivity contribution in [3.05, 3.63) is 29.8 Å². The number of sulfone groups is 1. The summed E-state index contributed by atoms with van der Waals surface area (Å²) in [5.41, 5.74) is 0.297. The van der Waals surface area contributed by atoms with Gasteiger partial charge in [0.15, 0.2) is 9.84 Å². The van der Waals surface area contributed by atoms with E-state index in [1.807, 2.05) is 0 Å². The molecule has 0 spiro atoms. The van der Waals surface area contributed by atoms with Gasteiger partial charge in [-0.15, -0.1) is 0 Å². The van der Waals surface area contributed by atoms with Gasteiger partial charge in [-0.3, -0.25) is 4.79 Å². The molecule has 0 aromatic heterocycles. The van der Waals surface area contributed by atoms with E-state index in [0.29, 0.717) is 11.8 Å². The number of hydrogen-bond donors (Lipinski definition) is 0. The first-order valence-corrected chi connectivity index (χ1v) is 5.67. The second-order valence-electron chi connectivity index (χ2n) is 2.86. The number of halogens is 2. The monoisotopic (exact) mass is 234 g/mol. The second kappa shape index (κ2) is 4.48. The maximum absolute atomic E-state index is 11.9. The highest BCUT2D eigenvalue weighted by atomic mass is 32.2. The van der Waals surface area contributed by atoms with E-state index < -0.39 is 22.0 Å². The first-order valence-electron chi connectivity index (χ1n) is 4.02. The number of rotatable bonds is 4. The van der Waals surface area contributed by atoms with Crippen LogP contribution in [0.2, 0.25) is 0 Å². The number of carbonyl (C=O) groups is 1. The van der Waals surface area contributed by atoms with E-state index in [2.05, 4.69) is 0 Å². The Labute approximate surface area is 85.6 Å². The summed E-state index contributed by atoms with van der Waals surface area (Å²) < 4.78 is 46.4. The fourth-order valence-corrected chi connectivity index (χ4v) is 2.09. The smallest absolute Gasteiger partial charge is 0.252 e. The molecule has 3 nitrogen and oxygen atoms in total. The van der Waals surface area contributed by atoms with Crippen molar-refractivity contribution < 1.29 is 22.0 Å². The highest BCUT2D eigenvalue weighted by Crippen LogP contribution is 2.14. The van der Waals surface area contributed by atoms with Gasteiger partial charge >= 0.3 is 0 Å². The molecule has 1 rings (SSSR count). The molecule has 0 saturated carbocycles. The summed E-state index contributed by atoms with van der Waals surface area (Å²) in [5, 5.41) is 0. The van der Waals surface area contributed by atoms with Crippen molar-refractivity contribution in [3.63, 3.8) is 0 Å². The molecule has 0 unspecified atom stereocenters. The number of benzene rings is 1. The predicted octanol–water partition coefficient (Wildman–Crippen LogP) is 1.54. The van der Waals surface area contributed by atoms with Gasteiger partial charge in [0, 0.05) is 5.56 Å². The van der Waals surface area contributed by atoms with Crippen LogP contribution in [-0.2, 0) is 9.84 Å². The zero-order valence-corrected chi connectivity index (χ0v) is 8.38. The van der Waals surface area contributed by atoms with Crippen LogP contribution >= 0.6 is 0 Å². The highest BCUT2D eigenvalue weighted by molar-refractivity contribution is 7.91. The van der Waals surface area contributed by atoms with Crippen LogP contribution < -0.4 is 0 Å². The first kappa shape index (κ1) is 11.8. The van der Waals surface area contributed by atoms with Crippen LogP contribution in [0.4, 0.5) is 8.78 Å². The highest BCUT2D eigenvalue weighted by Gasteiger charge is 2.20. The van der Waals surface area contributed by atoms with Gasteiger partial charge in [0.1, 0.15) is 12.0 Å². The summed E-state index contributed by atoms with van der Waals surface area (Å²) in [6.07, 6.45) is -2.36. The van der Waals surface area contributed by atoms with Crippen molar-refractivity contribution in [3.8, 4) is 0 Å². The molecule has 15 heavy (non-hydrogen) atoms. The molecular weight excluding hydrogens is 226 g/mol. The fourth-order valence-electron chi connectivity index (χ4n) is 1.02. The summed E-state index contributed by atoms with van der Waals surface area (Å²) in [5.74, 6) is -1.20. The van der Waals surface area contributed by atoms with Gasteiger partial charge in [0.25, 0.3) is 6.43 Å². The van der Waals surface area contributed by atoms with Crippen LogP contribution in [0.15, 0.2) is 29.2 Å². The summed E-state index contributed by atoms with van der Waals surface area (Å²) in [6.45, 7) is 0.